The summed E-state index contributed by atoms with van der Waals surface area (Å²) in [5, 5.41) is 12.6. The standard InChI is InChI=1S/C21H18N4O3S/c1-13(19(26)22-16-8-5-7-15(12-16)20(27)28-2)29-21-24-23-18-11-10-14-6-3-4-9-17(14)25(18)21/h3-13H,1-2H3,(H,22,26). The quantitative estimate of drug-likeness (QED) is 0.401. The average Bonchev–Trinajstić information content (AvgIpc) is 3.16. The Balaban J connectivity index is 1.55. The summed E-state index contributed by atoms with van der Waals surface area (Å²) in [6.45, 7) is 1.80. The van der Waals surface area contributed by atoms with E-state index in [-0.39, 0.29) is 5.91 Å². The number of hydrogen-bond acceptors (Lipinski definition) is 6. The highest BCUT2D eigenvalue weighted by atomic mass is 32.2. The molecule has 1 amide bonds. The number of benzene rings is 2. The van der Waals surface area contributed by atoms with Crippen LogP contribution in [0.5, 0.6) is 0 Å². The van der Waals surface area contributed by atoms with Crippen molar-refractivity contribution in [3.05, 3.63) is 66.2 Å². The average molecular weight is 406 g/mol. The van der Waals surface area contributed by atoms with Crippen LogP contribution in [0.3, 0.4) is 0 Å². The molecular weight excluding hydrogens is 388 g/mol. The highest BCUT2D eigenvalue weighted by Crippen LogP contribution is 2.26. The minimum absolute atomic E-state index is 0.200. The Morgan fingerprint density at radius 2 is 1.90 bits per heavy atom. The second kappa shape index (κ2) is 7.92. The molecule has 0 aliphatic carbocycles. The zero-order valence-corrected chi connectivity index (χ0v) is 16.6. The first-order valence-electron chi connectivity index (χ1n) is 8.95. The third kappa shape index (κ3) is 3.79. The van der Waals surface area contributed by atoms with Crippen molar-refractivity contribution in [2.24, 2.45) is 0 Å². The van der Waals surface area contributed by atoms with Gasteiger partial charge in [0, 0.05) is 5.69 Å². The van der Waals surface area contributed by atoms with Crippen molar-refractivity contribution >= 4 is 45.9 Å². The third-order valence-electron chi connectivity index (χ3n) is 4.45. The van der Waals surface area contributed by atoms with Crippen LogP contribution in [0.25, 0.3) is 16.6 Å². The molecule has 0 aliphatic heterocycles. The summed E-state index contributed by atoms with van der Waals surface area (Å²) in [6, 6.07) is 18.5. The maximum absolute atomic E-state index is 12.7. The van der Waals surface area contributed by atoms with E-state index in [1.165, 1.54) is 18.9 Å². The van der Waals surface area contributed by atoms with Crippen molar-refractivity contribution in [2.45, 2.75) is 17.3 Å². The van der Waals surface area contributed by atoms with Gasteiger partial charge in [0.05, 0.1) is 23.4 Å². The van der Waals surface area contributed by atoms with Gasteiger partial charge in [-0.3, -0.25) is 9.20 Å². The van der Waals surface area contributed by atoms with Gasteiger partial charge in [-0.25, -0.2) is 4.79 Å². The lowest BCUT2D eigenvalue weighted by Crippen LogP contribution is -2.22. The number of nitrogens with one attached hydrogen (secondary N) is 1. The van der Waals surface area contributed by atoms with E-state index in [1.807, 2.05) is 40.8 Å². The predicted octanol–water partition coefficient (Wildman–Crippen LogP) is 3.79. The number of ether oxygens (including phenoxy) is 1. The number of esters is 1. The molecule has 146 valence electrons. The van der Waals surface area contributed by atoms with E-state index in [0.717, 1.165) is 16.6 Å². The molecule has 0 bridgehead atoms. The molecule has 0 saturated carbocycles. The number of pyridine rings is 1. The lowest BCUT2D eigenvalue weighted by molar-refractivity contribution is -0.115. The minimum Gasteiger partial charge on any atom is -0.465 e. The van der Waals surface area contributed by atoms with E-state index < -0.39 is 11.2 Å². The Labute approximate surface area is 171 Å². The van der Waals surface area contributed by atoms with Gasteiger partial charge < -0.3 is 10.1 Å². The molecule has 8 heteroatoms. The van der Waals surface area contributed by atoms with Crippen molar-refractivity contribution in [3.8, 4) is 0 Å². The van der Waals surface area contributed by atoms with Gasteiger partial charge in [0.2, 0.25) is 5.91 Å². The van der Waals surface area contributed by atoms with Crippen molar-refractivity contribution in [2.75, 3.05) is 12.4 Å². The number of thioether (sulfide) groups is 1. The van der Waals surface area contributed by atoms with Crippen LogP contribution in [0.2, 0.25) is 0 Å². The summed E-state index contributed by atoms with van der Waals surface area (Å²) in [7, 11) is 1.32. The van der Waals surface area contributed by atoms with Crippen molar-refractivity contribution < 1.29 is 14.3 Å². The number of nitrogens with zero attached hydrogens (tertiary/aromatic N) is 3. The zero-order valence-electron chi connectivity index (χ0n) is 15.8. The fourth-order valence-electron chi connectivity index (χ4n) is 2.99. The van der Waals surface area contributed by atoms with E-state index in [1.54, 1.807) is 31.2 Å². The number of amides is 1. The fraction of sp³-hybridized carbons (Fsp3) is 0.143. The summed E-state index contributed by atoms with van der Waals surface area (Å²) in [4.78, 5) is 24.4. The largest absolute Gasteiger partial charge is 0.465 e. The summed E-state index contributed by atoms with van der Waals surface area (Å²) in [5.74, 6) is -0.653. The number of para-hydroxylation sites is 1. The van der Waals surface area contributed by atoms with Gasteiger partial charge in [-0.15, -0.1) is 10.2 Å². The summed E-state index contributed by atoms with van der Waals surface area (Å²) < 4.78 is 6.66. The van der Waals surface area contributed by atoms with Crippen molar-refractivity contribution in [1.82, 2.24) is 14.6 Å². The van der Waals surface area contributed by atoms with E-state index >= 15 is 0 Å². The number of fused-ring (bicyclic) bond motifs is 3. The van der Waals surface area contributed by atoms with Gasteiger partial charge in [-0.1, -0.05) is 36.0 Å². The highest BCUT2D eigenvalue weighted by Gasteiger charge is 2.19. The van der Waals surface area contributed by atoms with Crippen LogP contribution in [0.1, 0.15) is 17.3 Å². The van der Waals surface area contributed by atoms with E-state index in [2.05, 4.69) is 15.5 Å². The third-order valence-corrected chi connectivity index (χ3v) is 5.49. The lowest BCUT2D eigenvalue weighted by atomic mass is 10.2. The highest BCUT2D eigenvalue weighted by molar-refractivity contribution is 8.00. The van der Waals surface area contributed by atoms with Gasteiger partial charge >= 0.3 is 5.97 Å². The van der Waals surface area contributed by atoms with Crippen LogP contribution < -0.4 is 5.32 Å². The molecule has 4 aromatic rings. The van der Waals surface area contributed by atoms with Crippen LogP contribution in [0.4, 0.5) is 5.69 Å². The molecule has 2 heterocycles. The fourth-order valence-corrected chi connectivity index (χ4v) is 3.85. The van der Waals surface area contributed by atoms with Gasteiger partial charge in [0.1, 0.15) is 0 Å². The predicted molar refractivity (Wildman–Crippen MR) is 112 cm³/mol. The molecule has 29 heavy (non-hydrogen) atoms. The summed E-state index contributed by atoms with van der Waals surface area (Å²) >= 11 is 1.32. The molecular formula is C21H18N4O3S. The molecule has 7 nitrogen and oxygen atoms in total. The minimum atomic E-state index is -0.453. The zero-order chi connectivity index (χ0) is 20.4. The van der Waals surface area contributed by atoms with Crippen molar-refractivity contribution in [1.29, 1.82) is 0 Å². The number of aromatic nitrogens is 3. The molecule has 0 spiro atoms. The van der Waals surface area contributed by atoms with Gasteiger partial charge in [0.15, 0.2) is 10.8 Å². The first-order valence-corrected chi connectivity index (χ1v) is 9.83. The monoisotopic (exact) mass is 406 g/mol. The Bertz CT molecular complexity index is 1220. The Hall–Kier alpha value is -3.39. The molecule has 1 atom stereocenters. The second-order valence-corrected chi connectivity index (χ2v) is 7.70. The number of carbonyl (C=O) groups is 2. The number of anilines is 1. The van der Waals surface area contributed by atoms with E-state index in [9.17, 15) is 9.59 Å². The Morgan fingerprint density at radius 3 is 2.72 bits per heavy atom. The normalized spacial score (nSPS) is 12.1. The number of rotatable bonds is 5. The summed E-state index contributed by atoms with van der Waals surface area (Å²) in [5.41, 5.74) is 2.61. The van der Waals surface area contributed by atoms with Crippen LogP contribution in [0, 0.1) is 0 Å². The maximum Gasteiger partial charge on any atom is 0.337 e. The molecule has 2 aromatic heterocycles. The van der Waals surface area contributed by atoms with Crippen LogP contribution in [-0.2, 0) is 9.53 Å². The lowest BCUT2D eigenvalue weighted by Gasteiger charge is -2.12. The molecule has 4 rings (SSSR count). The summed E-state index contributed by atoms with van der Waals surface area (Å²) in [6.07, 6.45) is 0. The molecule has 0 fully saturated rings. The van der Waals surface area contributed by atoms with Crippen LogP contribution in [-0.4, -0.2) is 38.8 Å². The molecule has 0 radical (unpaired) electrons. The van der Waals surface area contributed by atoms with Gasteiger partial charge in [0.25, 0.3) is 0 Å². The Kier molecular flexibility index (Phi) is 5.18. The topological polar surface area (TPSA) is 85.6 Å². The van der Waals surface area contributed by atoms with Gasteiger partial charge in [-0.05, 0) is 48.7 Å². The van der Waals surface area contributed by atoms with E-state index in [4.69, 9.17) is 4.74 Å². The number of carbonyl (C=O) groups excluding carboxylic acids is 2. The van der Waals surface area contributed by atoms with E-state index in [0.29, 0.717) is 16.4 Å². The van der Waals surface area contributed by atoms with Crippen molar-refractivity contribution in [3.63, 3.8) is 0 Å². The Morgan fingerprint density at radius 1 is 1.07 bits per heavy atom. The molecule has 1 unspecified atom stereocenters. The SMILES string of the molecule is COC(=O)c1cccc(NC(=O)C(C)Sc2nnc3ccc4ccccc4n23)c1. The smallest absolute Gasteiger partial charge is 0.337 e. The molecule has 2 aromatic carbocycles. The molecule has 0 aliphatic rings. The van der Waals surface area contributed by atoms with Gasteiger partial charge in [-0.2, -0.15) is 0 Å². The first kappa shape index (κ1) is 18.9. The van der Waals surface area contributed by atoms with Crippen LogP contribution in [0.15, 0.2) is 65.8 Å². The molecule has 1 N–H and O–H groups in total. The maximum atomic E-state index is 12.7. The number of hydrogen-bond donors (Lipinski definition) is 1. The first-order chi connectivity index (χ1) is 14.1. The van der Waals surface area contributed by atoms with Crippen LogP contribution >= 0.6 is 11.8 Å². The molecule has 0 saturated heterocycles. The second-order valence-electron chi connectivity index (χ2n) is 6.39. The number of methoxy groups -OCH3 is 1.